The summed E-state index contributed by atoms with van der Waals surface area (Å²) in [5.74, 6) is 0. The highest BCUT2D eigenvalue weighted by Crippen LogP contribution is 2.36. The van der Waals surface area contributed by atoms with E-state index in [9.17, 15) is 8.42 Å². The summed E-state index contributed by atoms with van der Waals surface area (Å²) in [4.78, 5) is 0.395. The molecule has 2 bridgehead atoms. The van der Waals surface area contributed by atoms with E-state index in [1.807, 2.05) is 30.3 Å². The van der Waals surface area contributed by atoms with Gasteiger partial charge in [-0.1, -0.05) is 54.1 Å². The van der Waals surface area contributed by atoms with Crippen molar-refractivity contribution >= 4 is 10.0 Å². The van der Waals surface area contributed by atoms with E-state index in [4.69, 9.17) is 0 Å². The molecule has 124 valence electrons. The Kier molecular flexibility index (Phi) is 3.82. The monoisotopic (exact) mass is 339 g/mol. The second kappa shape index (κ2) is 5.87. The summed E-state index contributed by atoms with van der Waals surface area (Å²) < 4.78 is 27.8. The van der Waals surface area contributed by atoms with Gasteiger partial charge in [0.1, 0.15) is 0 Å². The molecule has 2 heterocycles. The molecule has 1 saturated heterocycles. The molecule has 0 N–H and O–H groups in total. The number of benzene rings is 2. The summed E-state index contributed by atoms with van der Waals surface area (Å²) in [6, 6.07) is 15.7. The summed E-state index contributed by atoms with van der Waals surface area (Å²) in [5.41, 5.74) is 3.35. The third kappa shape index (κ3) is 2.60. The van der Waals surface area contributed by atoms with Crippen molar-refractivity contribution in [2.45, 2.75) is 43.2 Å². The molecule has 2 aromatic carbocycles. The van der Waals surface area contributed by atoms with Crippen molar-refractivity contribution in [3.05, 3.63) is 66.2 Å². The van der Waals surface area contributed by atoms with Gasteiger partial charge in [-0.3, -0.25) is 0 Å². The fraction of sp³-hybridized carbons (Fsp3) is 0.300. The van der Waals surface area contributed by atoms with Crippen LogP contribution in [0.2, 0.25) is 0 Å². The average molecular weight is 339 g/mol. The van der Waals surface area contributed by atoms with Gasteiger partial charge in [0.25, 0.3) is 0 Å². The van der Waals surface area contributed by atoms with E-state index in [0.717, 1.165) is 30.4 Å². The summed E-state index contributed by atoms with van der Waals surface area (Å²) in [6.45, 7) is 2.06. The Bertz CT molecular complexity index is 884. The molecule has 0 amide bonds. The highest BCUT2D eigenvalue weighted by Gasteiger charge is 2.42. The minimum Gasteiger partial charge on any atom is -0.207 e. The number of hydrogen-bond donors (Lipinski definition) is 0. The average Bonchev–Trinajstić information content (AvgIpc) is 2.86. The quantitative estimate of drug-likeness (QED) is 0.788. The van der Waals surface area contributed by atoms with Gasteiger partial charge in [-0.15, -0.1) is 0 Å². The molecule has 2 aromatic rings. The first-order chi connectivity index (χ1) is 11.6. The van der Waals surface area contributed by atoms with Gasteiger partial charge in [0, 0.05) is 12.1 Å². The van der Waals surface area contributed by atoms with Crippen LogP contribution in [0.1, 0.15) is 24.8 Å². The lowest BCUT2D eigenvalue weighted by Gasteiger charge is -2.30. The van der Waals surface area contributed by atoms with Crippen LogP contribution < -0.4 is 0 Å². The number of fused-ring (bicyclic) bond motifs is 2. The van der Waals surface area contributed by atoms with Crippen LogP contribution in [0.15, 0.2) is 65.6 Å². The van der Waals surface area contributed by atoms with Crippen LogP contribution in [-0.4, -0.2) is 24.8 Å². The molecular weight excluding hydrogens is 318 g/mol. The highest BCUT2D eigenvalue weighted by atomic mass is 32.2. The second-order valence-electron chi connectivity index (χ2n) is 6.69. The van der Waals surface area contributed by atoms with Crippen LogP contribution in [0.4, 0.5) is 0 Å². The van der Waals surface area contributed by atoms with E-state index in [-0.39, 0.29) is 12.1 Å². The van der Waals surface area contributed by atoms with Crippen LogP contribution in [0.25, 0.3) is 11.1 Å². The number of nitrogens with zero attached hydrogens (tertiary/aromatic N) is 1. The second-order valence-corrected chi connectivity index (χ2v) is 8.53. The maximum atomic E-state index is 13.0. The van der Waals surface area contributed by atoms with Crippen LogP contribution in [0.5, 0.6) is 0 Å². The molecule has 0 spiro atoms. The van der Waals surface area contributed by atoms with E-state index in [2.05, 4.69) is 25.1 Å². The fourth-order valence-corrected chi connectivity index (χ4v) is 5.66. The first-order valence-corrected chi connectivity index (χ1v) is 9.87. The first kappa shape index (κ1) is 15.6. The molecule has 2 aliphatic heterocycles. The third-order valence-corrected chi connectivity index (χ3v) is 7.02. The molecule has 0 aliphatic carbocycles. The van der Waals surface area contributed by atoms with Crippen molar-refractivity contribution in [1.29, 1.82) is 0 Å². The molecule has 0 radical (unpaired) electrons. The van der Waals surface area contributed by atoms with Crippen LogP contribution >= 0.6 is 0 Å². The van der Waals surface area contributed by atoms with E-state index in [0.29, 0.717) is 4.90 Å². The summed E-state index contributed by atoms with van der Waals surface area (Å²) in [6.07, 6.45) is 6.88. The highest BCUT2D eigenvalue weighted by molar-refractivity contribution is 7.89. The molecule has 3 nitrogen and oxygen atoms in total. The molecule has 0 saturated carbocycles. The number of rotatable bonds is 3. The van der Waals surface area contributed by atoms with Gasteiger partial charge in [-0.2, -0.15) is 4.31 Å². The summed E-state index contributed by atoms with van der Waals surface area (Å²) >= 11 is 0. The van der Waals surface area contributed by atoms with Crippen molar-refractivity contribution in [3.8, 4) is 11.1 Å². The van der Waals surface area contributed by atoms with Crippen molar-refractivity contribution in [3.63, 3.8) is 0 Å². The Labute approximate surface area is 143 Å². The Morgan fingerprint density at radius 1 is 1.00 bits per heavy atom. The minimum absolute atomic E-state index is 0.0326. The van der Waals surface area contributed by atoms with E-state index >= 15 is 0 Å². The lowest BCUT2D eigenvalue weighted by molar-refractivity contribution is 0.341. The maximum absolute atomic E-state index is 13.0. The molecule has 2 unspecified atom stereocenters. The lowest BCUT2D eigenvalue weighted by Crippen LogP contribution is -2.41. The van der Waals surface area contributed by atoms with Crippen LogP contribution in [0.3, 0.4) is 0 Å². The lowest BCUT2D eigenvalue weighted by atomic mass is 10.0. The van der Waals surface area contributed by atoms with E-state index < -0.39 is 10.0 Å². The SMILES string of the molecule is Cc1cccc(-c2ccc(S(=O)(=O)N3C4C=CCC3CC4)cc2)c1. The van der Waals surface area contributed by atoms with Gasteiger partial charge in [0.2, 0.25) is 10.0 Å². The van der Waals surface area contributed by atoms with Gasteiger partial charge >= 0.3 is 0 Å². The normalized spacial score (nSPS) is 23.5. The van der Waals surface area contributed by atoms with Crippen molar-refractivity contribution in [2.24, 2.45) is 0 Å². The maximum Gasteiger partial charge on any atom is 0.243 e. The Morgan fingerprint density at radius 2 is 1.79 bits per heavy atom. The predicted molar refractivity (Wildman–Crippen MR) is 96.2 cm³/mol. The largest absolute Gasteiger partial charge is 0.243 e. The smallest absolute Gasteiger partial charge is 0.207 e. The molecular formula is C20H21NO2S. The van der Waals surface area contributed by atoms with Crippen molar-refractivity contribution < 1.29 is 8.42 Å². The van der Waals surface area contributed by atoms with Crippen molar-refractivity contribution in [2.75, 3.05) is 0 Å². The third-order valence-electron chi connectivity index (χ3n) is 5.03. The molecule has 0 aromatic heterocycles. The summed E-state index contributed by atoms with van der Waals surface area (Å²) in [7, 11) is -3.42. The van der Waals surface area contributed by atoms with Gasteiger partial charge in [0.05, 0.1) is 4.90 Å². The summed E-state index contributed by atoms with van der Waals surface area (Å²) in [5, 5.41) is 0. The standard InChI is InChI=1S/C20H21NO2S/c1-15-4-2-5-17(14-15)16-8-12-20(13-9-16)24(22,23)21-18-6-3-7-19(21)11-10-18/h2-6,8-9,12-14,18-19H,7,10-11H2,1H3. The predicted octanol–water partition coefficient (Wildman–Crippen LogP) is 4.14. The Morgan fingerprint density at radius 3 is 2.50 bits per heavy atom. The number of aryl methyl sites for hydroxylation is 1. The van der Waals surface area contributed by atoms with E-state index in [1.54, 1.807) is 16.4 Å². The van der Waals surface area contributed by atoms with Crippen molar-refractivity contribution in [1.82, 2.24) is 4.31 Å². The van der Waals surface area contributed by atoms with Gasteiger partial charge in [-0.25, -0.2) is 8.42 Å². The first-order valence-electron chi connectivity index (χ1n) is 8.43. The van der Waals surface area contributed by atoms with E-state index in [1.165, 1.54) is 5.56 Å². The Hall–Kier alpha value is -1.91. The zero-order valence-electron chi connectivity index (χ0n) is 13.7. The van der Waals surface area contributed by atoms with Gasteiger partial charge in [0.15, 0.2) is 0 Å². The molecule has 2 aliphatic rings. The number of sulfonamides is 1. The molecule has 24 heavy (non-hydrogen) atoms. The zero-order valence-corrected chi connectivity index (χ0v) is 14.5. The Balaban J connectivity index is 1.66. The number of hydrogen-bond acceptors (Lipinski definition) is 2. The molecule has 1 fully saturated rings. The molecule has 4 heteroatoms. The zero-order chi connectivity index (χ0) is 16.7. The van der Waals surface area contributed by atoms with Gasteiger partial charge < -0.3 is 0 Å². The fourth-order valence-electron chi connectivity index (χ4n) is 3.82. The molecule has 4 rings (SSSR count). The topological polar surface area (TPSA) is 37.4 Å². The minimum atomic E-state index is -3.42. The molecule has 2 atom stereocenters. The van der Waals surface area contributed by atoms with Crippen LogP contribution in [-0.2, 0) is 10.0 Å². The van der Waals surface area contributed by atoms with Gasteiger partial charge in [-0.05, 0) is 49.4 Å². The van der Waals surface area contributed by atoms with Crippen LogP contribution in [0, 0.1) is 6.92 Å².